The molecule has 2 aromatic rings. The van der Waals surface area contributed by atoms with Crippen LogP contribution in [0.1, 0.15) is 63.5 Å². The first-order chi connectivity index (χ1) is 18.6. The van der Waals surface area contributed by atoms with E-state index in [9.17, 15) is 14.0 Å². The van der Waals surface area contributed by atoms with E-state index in [0.717, 1.165) is 50.5 Å². The summed E-state index contributed by atoms with van der Waals surface area (Å²) in [5, 5.41) is 10.3. The highest BCUT2D eigenvalue weighted by molar-refractivity contribution is 6.00. The molecule has 0 radical (unpaired) electrons. The van der Waals surface area contributed by atoms with Crippen molar-refractivity contribution in [1.29, 1.82) is 0 Å². The van der Waals surface area contributed by atoms with Crippen molar-refractivity contribution in [3.63, 3.8) is 0 Å². The number of carbonyl (C=O) groups is 2. The maximum absolute atomic E-state index is 13.3. The number of carbonyl (C=O) groups excluding carboxylic acids is 2. The number of halogens is 1. The Morgan fingerprint density at radius 3 is 2.41 bits per heavy atom. The lowest BCUT2D eigenvalue weighted by Gasteiger charge is -2.20. The van der Waals surface area contributed by atoms with Gasteiger partial charge < -0.3 is 22.2 Å². The summed E-state index contributed by atoms with van der Waals surface area (Å²) in [6.07, 6.45) is 6.94. The molecule has 0 aliphatic rings. The van der Waals surface area contributed by atoms with Crippen molar-refractivity contribution in [2.45, 2.75) is 64.8 Å². The third kappa shape index (κ3) is 11.0. The zero-order valence-electron chi connectivity index (χ0n) is 23.3. The van der Waals surface area contributed by atoms with Crippen molar-refractivity contribution < 1.29 is 14.0 Å². The number of hydrogen-bond acceptors (Lipinski definition) is 6. The number of hydrogen-bond donors (Lipinski definition) is 5. The first-order valence-corrected chi connectivity index (χ1v) is 13.6. The van der Waals surface area contributed by atoms with Crippen LogP contribution in [0.2, 0.25) is 0 Å². The summed E-state index contributed by atoms with van der Waals surface area (Å²) < 4.78 is 13.3. The molecule has 214 valence electrons. The molecule has 0 aliphatic carbocycles. The first kappa shape index (κ1) is 31.7. The van der Waals surface area contributed by atoms with Gasteiger partial charge in [0.05, 0.1) is 6.04 Å². The van der Waals surface area contributed by atoms with Crippen molar-refractivity contribution in [3.8, 4) is 0 Å². The molecule has 2 aromatic carbocycles. The minimum atomic E-state index is -0.797. The SMILES string of the molecule is CCCC[C@H](CCCC(C)C(=O)[C@H](N)CNC(=O)Nc1cccc(/C(=N/N)N(C)N)c1)Cc1ccc(F)cc1. The molecular weight excluding hydrogens is 497 g/mol. The summed E-state index contributed by atoms with van der Waals surface area (Å²) in [6, 6.07) is 12.3. The molecule has 2 amide bonds. The van der Waals surface area contributed by atoms with Gasteiger partial charge in [-0.25, -0.2) is 15.0 Å². The summed E-state index contributed by atoms with van der Waals surface area (Å²) >= 11 is 0. The summed E-state index contributed by atoms with van der Waals surface area (Å²) in [5.41, 5.74) is 8.40. The first-order valence-electron chi connectivity index (χ1n) is 13.6. The smallest absolute Gasteiger partial charge is 0.319 e. The van der Waals surface area contributed by atoms with Crippen LogP contribution in [-0.4, -0.2) is 42.3 Å². The quantitative estimate of drug-likeness (QED) is 0.0990. The van der Waals surface area contributed by atoms with Crippen LogP contribution >= 0.6 is 0 Å². The van der Waals surface area contributed by atoms with Gasteiger partial charge in [0.25, 0.3) is 0 Å². The van der Waals surface area contributed by atoms with Crippen LogP contribution < -0.4 is 28.1 Å². The van der Waals surface area contributed by atoms with Crippen LogP contribution in [0.25, 0.3) is 0 Å². The van der Waals surface area contributed by atoms with E-state index in [1.165, 1.54) is 17.1 Å². The number of urea groups is 1. The van der Waals surface area contributed by atoms with Crippen LogP contribution in [0.15, 0.2) is 53.6 Å². The number of hydrazone groups is 1. The Kier molecular flexibility index (Phi) is 13.4. The van der Waals surface area contributed by atoms with Crippen LogP contribution in [0.4, 0.5) is 14.9 Å². The second-order valence-corrected chi connectivity index (χ2v) is 10.2. The molecule has 0 saturated carbocycles. The minimum Gasteiger partial charge on any atom is -0.336 e. The number of nitrogens with two attached hydrogens (primary N) is 3. The molecule has 3 atom stereocenters. The average Bonchev–Trinajstić information content (AvgIpc) is 2.91. The van der Waals surface area contributed by atoms with E-state index >= 15 is 0 Å². The number of benzene rings is 2. The van der Waals surface area contributed by atoms with E-state index in [-0.39, 0.29) is 24.1 Å². The Hall–Kier alpha value is -3.50. The highest BCUT2D eigenvalue weighted by atomic mass is 19.1. The van der Waals surface area contributed by atoms with Crippen molar-refractivity contribution >= 4 is 23.3 Å². The van der Waals surface area contributed by atoms with Gasteiger partial charge in [0.2, 0.25) is 0 Å². The average molecular weight is 542 g/mol. The molecule has 1 unspecified atom stereocenters. The van der Waals surface area contributed by atoms with E-state index in [1.54, 1.807) is 31.3 Å². The lowest BCUT2D eigenvalue weighted by molar-refractivity contribution is -0.123. The number of rotatable bonds is 15. The van der Waals surface area contributed by atoms with Crippen molar-refractivity contribution in [1.82, 2.24) is 10.3 Å². The Labute approximate surface area is 231 Å². The van der Waals surface area contributed by atoms with E-state index in [2.05, 4.69) is 22.7 Å². The molecule has 0 spiro atoms. The topological polar surface area (TPSA) is 152 Å². The van der Waals surface area contributed by atoms with E-state index < -0.39 is 12.1 Å². The number of unbranched alkanes of at least 4 members (excludes halogenated alkanes) is 1. The third-order valence-electron chi connectivity index (χ3n) is 6.82. The molecule has 0 heterocycles. The number of anilines is 1. The van der Waals surface area contributed by atoms with Gasteiger partial charge in [-0.15, -0.1) is 0 Å². The number of nitrogens with one attached hydrogen (secondary N) is 2. The monoisotopic (exact) mass is 541 g/mol. The van der Waals surface area contributed by atoms with Crippen molar-refractivity contribution in [2.24, 2.45) is 34.4 Å². The largest absolute Gasteiger partial charge is 0.336 e. The molecular formula is C29H44FN7O2. The van der Waals surface area contributed by atoms with Crippen LogP contribution in [0, 0.1) is 17.7 Å². The normalized spacial score (nSPS) is 13.8. The number of ketones is 1. The van der Waals surface area contributed by atoms with Crippen molar-refractivity contribution in [3.05, 3.63) is 65.5 Å². The Morgan fingerprint density at radius 1 is 1.08 bits per heavy atom. The molecule has 8 N–H and O–H groups in total. The summed E-state index contributed by atoms with van der Waals surface area (Å²) in [5.74, 6) is 11.5. The molecule has 39 heavy (non-hydrogen) atoms. The van der Waals surface area contributed by atoms with Gasteiger partial charge in [0, 0.05) is 30.8 Å². The second-order valence-electron chi connectivity index (χ2n) is 10.2. The molecule has 9 nitrogen and oxygen atoms in total. The lowest BCUT2D eigenvalue weighted by Crippen LogP contribution is -2.45. The van der Waals surface area contributed by atoms with Gasteiger partial charge in [-0.3, -0.25) is 9.80 Å². The van der Waals surface area contributed by atoms with Gasteiger partial charge in [-0.2, -0.15) is 5.10 Å². The van der Waals surface area contributed by atoms with Gasteiger partial charge >= 0.3 is 6.03 Å². The lowest BCUT2D eigenvalue weighted by atomic mass is 9.87. The molecule has 0 saturated heterocycles. The summed E-state index contributed by atoms with van der Waals surface area (Å²) in [6.45, 7) is 4.09. The van der Waals surface area contributed by atoms with Gasteiger partial charge in [-0.05, 0) is 48.6 Å². The fourth-order valence-electron chi connectivity index (χ4n) is 4.60. The highest BCUT2D eigenvalue weighted by Crippen LogP contribution is 2.23. The predicted octanol–water partition coefficient (Wildman–Crippen LogP) is 4.12. The van der Waals surface area contributed by atoms with Gasteiger partial charge in [0.15, 0.2) is 11.6 Å². The standard InChI is InChI=1S/C29H44FN7O2/c1-4-5-9-21(17-22-13-15-24(30)16-14-22)10-6-8-20(2)27(38)26(31)19-34-29(39)35-25-12-7-11-23(18-25)28(36-32)37(3)33/h7,11-16,18,20-21,26H,4-6,8-10,17,19,31-33H2,1-3H3,(H2,34,35,39)/b36-28-/t20?,21-,26-/m1/s1. The van der Waals surface area contributed by atoms with Gasteiger partial charge in [-0.1, -0.05) is 70.2 Å². The molecule has 0 aliphatic heterocycles. The number of amidine groups is 1. The molecule has 0 fully saturated rings. The molecule has 0 aromatic heterocycles. The maximum atomic E-state index is 13.3. The van der Waals surface area contributed by atoms with Crippen LogP contribution in [-0.2, 0) is 11.2 Å². The van der Waals surface area contributed by atoms with E-state index in [4.69, 9.17) is 17.4 Å². The van der Waals surface area contributed by atoms with E-state index in [0.29, 0.717) is 23.0 Å². The number of nitrogens with zero attached hydrogens (tertiary/aromatic N) is 2. The summed E-state index contributed by atoms with van der Waals surface area (Å²) in [4.78, 5) is 25.2. The maximum Gasteiger partial charge on any atom is 0.319 e. The predicted molar refractivity (Wildman–Crippen MR) is 155 cm³/mol. The van der Waals surface area contributed by atoms with E-state index in [1.807, 2.05) is 19.1 Å². The third-order valence-corrected chi connectivity index (χ3v) is 6.82. The van der Waals surface area contributed by atoms with Crippen molar-refractivity contribution in [2.75, 3.05) is 18.9 Å². The second kappa shape index (κ2) is 16.5. The fraction of sp³-hybridized carbons (Fsp3) is 0.483. The Bertz CT molecular complexity index is 1080. The van der Waals surface area contributed by atoms with Gasteiger partial charge in [0.1, 0.15) is 5.82 Å². The highest BCUT2D eigenvalue weighted by Gasteiger charge is 2.21. The zero-order valence-corrected chi connectivity index (χ0v) is 23.3. The Morgan fingerprint density at radius 2 is 1.77 bits per heavy atom. The zero-order chi connectivity index (χ0) is 28.8. The van der Waals surface area contributed by atoms with Crippen LogP contribution in [0.3, 0.4) is 0 Å². The minimum absolute atomic E-state index is 0.0272. The molecule has 2 rings (SSSR count). The fourth-order valence-corrected chi connectivity index (χ4v) is 4.60. The number of hydrazine groups is 1. The summed E-state index contributed by atoms with van der Waals surface area (Å²) in [7, 11) is 1.61. The number of Topliss-reactive ketones (excluding diaryl/α,β-unsaturated/α-hetero) is 1. The molecule has 0 bridgehead atoms. The number of amides is 2. The Balaban J connectivity index is 1.79. The molecule has 10 heteroatoms. The van der Waals surface area contributed by atoms with Crippen LogP contribution in [0.5, 0.6) is 0 Å².